The van der Waals surface area contributed by atoms with E-state index in [4.69, 9.17) is 23.2 Å². The van der Waals surface area contributed by atoms with E-state index in [0.717, 1.165) is 25.7 Å². The number of carboxylic acids is 1. The highest BCUT2D eigenvalue weighted by atomic mass is 35.5. The molecule has 0 unspecified atom stereocenters. The molecule has 2 aromatic carbocycles. The van der Waals surface area contributed by atoms with Crippen molar-refractivity contribution in [2.24, 2.45) is 11.8 Å². The predicted octanol–water partition coefficient (Wildman–Crippen LogP) is 6.57. The highest BCUT2D eigenvalue weighted by Crippen LogP contribution is 2.33. The fourth-order valence-corrected chi connectivity index (χ4v) is 6.22. The summed E-state index contributed by atoms with van der Waals surface area (Å²) in [5.74, 6) is -1.22. The molecule has 0 radical (unpaired) electrons. The van der Waals surface area contributed by atoms with Gasteiger partial charge in [0.1, 0.15) is 6.04 Å². The quantitative estimate of drug-likeness (QED) is 0.172. The predicted molar refractivity (Wildman–Crippen MR) is 178 cm³/mol. The second kappa shape index (κ2) is 15.4. The van der Waals surface area contributed by atoms with Gasteiger partial charge in [0.2, 0.25) is 0 Å². The van der Waals surface area contributed by atoms with Gasteiger partial charge in [0, 0.05) is 37.6 Å². The largest absolute Gasteiger partial charge is 0.480 e. The van der Waals surface area contributed by atoms with Gasteiger partial charge in [-0.05, 0) is 67.3 Å². The Bertz CT molecular complexity index is 1550. The van der Waals surface area contributed by atoms with Crippen molar-refractivity contribution >= 4 is 58.4 Å². The van der Waals surface area contributed by atoms with E-state index in [9.17, 15) is 24.3 Å². The number of para-hydroxylation sites is 1. The summed E-state index contributed by atoms with van der Waals surface area (Å²) in [5, 5.41) is 18.7. The van der Waals surface area contributed by atoms with E-state index in [0.29, 0.717) is 41.5 Å². The number of urea groups is 1. The molecule has 0 spiro atoms. The van der Waals surface area contributed by atoms with Crippen LogP contribution in [0.3, 0.4) is 0 Å². The van der Waals surface area contributed by atoms with Crippen LogP contribution in [0.5, 0.6) is 0 Å². The number of rotatable bonds is 12. The average Bonchev–Trinajstić information content (AvgIpc) is 3.88. The van der Waals surface area contributed by atoms with E-state index >= 15 is 0 Å². The number of aromatic nitrogens is 1. The second-order valence-corrected chi connectivity index (χ2v) is 12.8. The molecule has 0 aliphatic heterocycles. The monoisotopic (exact) mass is 665 g/mol. The van der Waals surface area contributed by atoms with Crippen molar-refractivity contribution < 1.29 is 24.3 Å². The summed E-state index contributed by atoms with van der Waals surface area (Å²) in [6.07, 6.45) is 10.4. The van der Waals surface area contributed by atoms with E-state index in [2.05, 4.69) is 20.9 Å². The van der Waals surface area contributed by atoms with Crippen molar-refractivity contribution in [2.45, 2.75) is 57.4 Å². The Morgan fingerprint density at radius 2 is 1.54 bits per heavy atom. The van der Waals surface area contributed by atoms with Crippen LogP contribution in [0, 0.1) is 11.8 Å². The summed E-state index contributed by atoms with van der Waals surface area (Å²) in [7, 11) is 0. The number of aliphatic carboxylic acids is 1. The molecule has 5 rings (SSSR count). The van der Waals surface area contributed by atoms with Gasteiger partial charge in [-0.3, -0.25) is 19.5 Å². The third kappa shape index (κ3) is 8.76. The zero-order valence-corrected chi connectivity index (χ0v) is 26.8. The van der Waals surface area contributed by atoms with Gasteiger partial charge in [0.25, 0.3) is 11.8 Å². The lowest BCUT2D eigenvalue weighted by atomic mass is 9.89. The highest BCUT2D eigenvalue weighted by molar-refractivity contribution is 6.40. The third-order valence-electron chi connectivity index (χ3n) is 8.43. The Morgan fingerprint density at radius 3 is 2.20 bits per heavy atom. The van der Waals surface area contributed by atoms with Gasteiger partial charge in [0.05, 0.1) is 26.9 Å². The maximum absolute atomic E-state index is 13.7. The fraction of sp³-hybridized carbons (Fsp3) is 0.382. The zero-order valence-electron chi connectivity index (χ0n) is 25.3. The van der Waals surface area contributed by atoms with E-state index in [1.165, 1.54) is 36.6 Å². The number of halogens is 2. The number of carbonyl (C=O) groups is 4. The normalized spacial score (nSPS) is 15.4. The van der Waals surface area contributed by atoms with Crippen LogP contribution >= 0.6 is 23.2 Å². The summed E-state index contributed by atoms with van der Waals surface area (Å²) in [6, 6.07) is 11.7. The number of pyridine rings is 1. The number of nitrogens with zero attached hydrogens (tertiary/aromatic N) is 2. The molecule has 2 aliphatic rings. The van der Waals surface area contributed by atoms with Crippen molar-refractivity contribution in [3.63, 3.8) is 0 Å². The minimum atomic E-state index is -1.24. The maximum atomic E-state index is 13.7. The minimum Gasteiger partial charge on any atom is -0.480 e. The molecule has 4 N–H and O–H groups in total. The highest BCUT2D eigenvalue weighted by Gasteiger charge is 2.32. The molecule has 10 nitrogen and oxygen atoms in total. The number of carboxylic acid groups (broad SMARTS) is 1. The van der Waals surface area contributed by atoms with E-state index in [-0.39, 0.29) is 33.9 Å². The first-order valence-electron chi connectivity index (χ1n) is 15.6. The lowest BCUT2D eigenvalue weighted by molar-refractivity contribution is -0.139. The molecular weight excluding hydrogens is 629 g/mol. The lowest BCUT2D eigenvalue weighted by Crippen LogP contribution is -2.50. The van der Waals surface area contributed by atoms with E-state index in [1.54, 1.807) is 48.5 Å². The Morgan fingerprint density at radius 1 is 0.870 bits per heavy atom. The molecule has 4 amide bonds. The molecule has 2 aliphatic carbocycles. The van der Waals surface area contributed by atoms with Gasteiger partial charge in [0.15, 0.2) is 0 Å². The Hall–Kier alpha value is -4.15. The van der Waals surface area contributed by atoms with Crippen LogP contribution in [0.2, 0.25) is 10.0 Å². The molecule has 1 atom stereocenters. The molecular formula is C34H37Cl2N5O5. The van der Waals surface area contributed by atoms with Crippen molar-refractivity contribution in [1.82, 2.24) is 15.6 Å². The molecule has 1 heterocycles. The topological polar surface area (TPSA) is 141 Å². The summed E-state index contributed by atoms with van der Waals surface area (Å²) in [6.45, 7) is 0.974. The molecule has 0 saturated heterocycles. The lowest BCUT2D eigenvalue weighted by Gasteiger charge is -2.27. The SMILES string of the molecule is O=C(NCC1CCCCC1)c1ccccc1N(CC1CC1)C(=O)N[C@@H](Cc1ccc(NC(=O)c2c(Cl)cncc2Cl)cc1)C(=O)O. The smallest absolute Gasteiger partial charge is 0.326 e. The van der Waals surface area contributed by atoms with Gasteiger partial charge in [-0.15, -0.1) is 0 Å². The Labute approximate surface area is 277 Å². The third-order valence-corrected chi connectivity index (χ3v) is 9.00. The number of hydrogen-bond donors (Lipinski definition) is 4. The van der Waals surface area contributed by atoms with Gasteiger partial charge in [-0.1, -0.05) is 66.7 Å². The standard InChI is InChI=1S/C34H37Cl2N5O5/c35-26-18-37-19-27(36)30(26)32(43)39-24-14-12-21(13-15-24)16-28(33(44)45)40-34(46)41(20-23-10-11-23)29-9-5-4-8-25(29)31(42)38-17-22-6-2-1-3-7-22/h4-5,8-9,12-15,18-19,22-23,28H,1-3,6-7,10-11,16-17,20H2,(H,38,42)(H,39,43)(H,40,46)(H,44,45)/t28-/m0/s1. The van der Waals surface area contributed by atoms with Crippen LogP contribution < -0.4 is 20.9 Å². The molecule has 46 heavy (non-hydrogen) atoms. The van der Waals surface area contributed by atoms with Crippen LogP contribution in [-0.4, -0.2) is 53.0 Å². The summed E-state index contributed by atoms with van der Waals surface area (Å²) < 4.78 is 0. The fourth-order valence-electron chi connectivity index (χ4n) is 5.68. The second-order valence-electron chi connectivity index (χ2n) is 12.0. The van der Waals surface area contributed by atoms with Crippen LogP contribution in [0.4, 0.5) is 16.2 Å². The number of anilines is 2. The number of carbonyl (C=O) groups excluding carboxylic acids is 3. The summed E-state index contributed by atoms with van der Waals surface area (Å²) in [5.41, 5.74) is 2.00. The van der Waals surface area contributed by atoms with Gasteiger partial charge in [-0.25, -0.2) is 9.59 Å². The van der Waals surface area contributed by atoms with Gasteiger partial charge in [-0.2, -0.15) is 0 Å². The van der Waals surface area contributed by atoms with Crippen LogP contribution in [0.15, 0.2) is 60.9 Å². The van der Waals surface area contributed by atoms with Crippen molar-refractivity contribution in [2.75, 3.05) is 23.3 Å². The van der Waals surface area contributed by atoms with Gasteiger partial charge >= 0.3 is 12.0 Å². The van der Waals surface area contributed by atoms with Crippen molar-refractivity contribution in [1.29, 1.82) is 0 Å². The van der Waals surface area contributed by atoms with Gasteiger partial charge < -0.3 is 21.1 Å². The molecule has 2 fully saturated rings. The van der Waals surface area contributed by atoms with Crippen molar-refractivity contribution in [3.8, 4) is 0 Å². The average molecular weight is 667 g/mol. The number of amides is 4. The van der Waals surface area contributed by atoms with E-state index < -0.39 is 23.9 Å². The Kier molecular flexibility index (Phi) is 11.1. The summed E-state index contributed by atoms with van der Waals surface area (Å²) >= 11 is 12.2. The number of hydrogen-bond acceptors (Lipinski definition) is 5. The molecule has 12 heteroatoms. The molecule has 3 aromatic rings. The number of benzene rings is 2. The first-order valence-corrected chi connectivity index (χ1v) is 16.3. The Balaban J connectivity index is 1.26. The zero-order chi connectivity index (χ0) is 32.6. The molecule has 0 bridgehead atoms. The molecule has 2 saturated carbocycles. The van der Waals surface area contributed by atoms with Crippen molar-refractivity contribution in [3.05, 3.63) is 87.7 Å². The molecule has 1 aromatic heterocycles. The van der Waals surface area contributed by atoms with Crippen LogP contribution in [0.25, 0.3) is 0 Å². The maximum Gasteiger partial charge on any atom is 0.326 e. The van der Waals surface area contributed by atoms with Crippen LogP contribution in [-0.2, 0) is 11.2 Å². The number of nitrogens with one attached hydrogen (secondary N) is 3. The van der Waals surface area contributed by atoms with E-state index in [1.807, 2.05) is 0 Å². The van der Waals surface area contributed by atoms with Crippen LogP contribution in [0.1, 0.15) is 71.2 Å². The molecule has 242 valence electrons. The first kappa shape index (κ1) is 33.2. The summed E-state index contributed by atoms with van der Waals surface area (Å²) in [4.78, 5) is 57.4. The first-order chi connectivity index (χ1) is 22.2. The minimum absolute atomic E-state index is 0.00188.